The molecule has 0 amide bonds. The Kier molecular flexibility index (Phi) is 3.75. The van der Waals surface area contributed by atoms with Gasteiger partial charge in [0.1, 0.15) is 5.82 Å². The van der Waals surface area contributed by atoms with Crippen LogP contribution in [0.5, 0.6) is 0 Å². The van der Waals surface area contributed by atoms with Crippen LogP contribution in [0.25, 0.3) is 10.9 Å². The van der Waals surface area contributed by atoms with Crippen LogP contribution in [-0.2, 0) is 16.2 Å². The number of hydrogen-bond donors (Lipinski definition) is 2. The predicted octanol–water partition coefficient (Wildman–Crippen LogP) is 4.13. The lowest BCUT2D eigenvalue weighted by atomic mass is 10.2. The van der Waals surface area contributed by atoms with Gasteiger partial charge in [-0.05, 0) is 42.5 Å². The third-order valence-corrected chi connectivity index (χ3v) is 4.74. The largest absolute Gasteiger partial charge is 0.419 e. The highest BCUT2D eigenvalue weighted by atomic mass is 32.2. The summed E-state index contributed by atoms with van der Waals surface area (Å²) in [5.41, 5.74) is -0.675. The van der Waals surface area contributed by atoms with Gasteiger partial charge in [-0.3, -0.25) is 4.72 Å². The fourth-order valence-electron chi connectivity index (χ4n) is 2.22. The van der Waals surface area contributed by atoms with Crippen molar-refractivity contribution in [2.75, 3.05) is 4.72 Å². The van der Waals surface area contributed by atoms with Crippen molar-refractivity contribution in [3.63, 3.8) is 0 Å². The predicted molar refractivity (Wildman–Crippen MR) is 80.5 cm³/mol. The molecule has 0 saturated heterocycles. The zero-order valence-electron chi connectivity index (χ0n) is 11.9. The fourth-order valence-corrected chi connectivity index (χ4v) is 3.29. The minimum Gasteiger partial charge on any atom is -0.361 e. The Morgan fingerprint density at radius 2 is 1.75 bits per heavy atom. The number of alkyl halides is 3. The molecule has 0 aliphatic rings. The molecule has 0 unspecified atom stereocenters. The zero-order chi connectivity index (χ0) is 17.5. The van der Waals surface area contributed by atoms with Gasteiger partial charge in [-0.2, -0.15) is 13.2 Å². The van der Waals surface area contributed by atoms with Crippen LogP contribution >= 0.6 is 0 Å². The van der Waals surface area contributed by atoms with E-state index in [0.29, 0.717) is 6.07 Å². The molecule has 0 radical (unpaired) electrons. The van der Waals surface area contributed by atoms with Crippen LogP contribution < -0.4 is 4.72 Å². The maximum atomic E-state index is 13.3. The minimum absolute atomic E-state index is 0.181. The van der Waals surface area contributed by atoms with Crippen molar-refractivity contribution in [2.24, 2.45) is 0 Å². The molecular weight excluding hydrogens is 348 g/mol. The summed E-state index contributed by atoms with van der Waals surface area (Å²) in [6.07, 6.45) is -3.32. The summed E-state index contributed by atoms with van der Waals surface area (Å²) >= 11 is 0. The van der Waals surface area contributed by atoms with Gasteiger partial charge in [-0.15, -0.1) is 0 Å². The van der Waals surface area contributed by atoms with E-state index in [-0.39, 0.29) is 11.8 Å². The Morgan fingerprint density at radius 3 is 2.46 bits per heavy atom. The number of halogens is 4. The van der Waals surface area contributed by atoms with Gasteiger partial charge in [0.05, 0.1) is 10.5 Å². The van der Waals surface area contributed by atoms with Gasteiger partial charge < -0.3 is 4.98 Å². The van der Waals surface area contributed by atoms with Crippen LogP contribution in [0.2, 0.25) is 0 Å². The number of rotatable bonds is 3. The van der Waals surface area contributed by atoms with Gasteiger partial charge in [0.25, 0.3) is 10.0 Å². The standard InChI is InChI=1S/C15H10F4N2O2S/c16-13-3-2-11(8-12(13)15(17,18)19)24(22,23)21-10-1-4-14-9(7-10)5-6-20-14/h1-8,20-21H. The number of aromatic nitrogens is 1. The molecule has 0 atom stereocenters. The first kappa shape index (κ1) is 16.3. The Hall–Kier alpha value is -2.55. The SMILES string of the molecule is O=S(=O)(Nc1ccc2[nH]ccc2c1)c1ccc(F)c(C(F)(F)F)c1. The van der Waals surface area contributed by atoms with Gasteiger partial charge in [-0.25, -0.2) is 12.8 Å². The molecule has 0 spiro atoms. The van der Waals surface area contributed by atoms with E-state index in [9.17, 15) is 26.0 Å². The van der Waals surface area contributed by atoms with Crippen molar-refractivity contribution in [3.8, 4) is 0 Å². The summed E-state index contributed by atoms with van der Waals surface area (Å²) in [5, 5.41) is 0.727. The van der Waals surface area contributed by atoms with Gasteiger partial charge >= 0.3 is 6.18 Å². The summed E-state index contributed by atoms with van der Waals surface area (Å²) in [5.74, 6) is -1.53. The topological polar surface area (TPSA) is 62.0 Å². The summed E-state index contributed by atoms with van der Waals surface area (Å²) in [4.78, 5) is 2.25. The highest BCUT2D eigenvalue weighted by Gasteiger charge is 2.35. The van der Waals surface area contributed by atoms with E-state index < -0.39 is 32.5 Å². The first-order valence-corrected chi connectivity index (χ1v) is 8.12. The van der Waals surface area contributed by atoms with Crippen molar-refractivity contribution in [2.45, 2.75) is 11.1 Å². The number of benzene rings is 2. The fraction of sp³-hybridized carbons (Fsp3) is 0.0667. The van der Waals surface area contributed by atoms with Crippen LogP contribution in [0.15, 0.2) is 53.6 Å². The van der Waals surface area contributed by atoms with Crippen LogP contribution in [0.1, 0.15) is 5.56 Å². The summed E-state index contributed by atoms with van der Waals surface area (Å²) < 4.78 is 78.2. The maximum absolute atomic E-state index is 13.3. The Balaban J connectivity index is 1.98. The second-order valence-corrected chi connectivity index (χ2v) is 6.71. The van der Waals surface area contributed by atoms with Gasteiger partial charge in [0, 0.05) is 22.8 Å². The number of aromatic amines is 1. The lowest BCUT2D eigenvalue weighted by Gasteiger charge is -2.12. The monoisotopic (exact) mass is 358 g/mol. The molecular formula is C15H10F4N2O2S. The molecule has 3 rings (SSSR count). The van der Waals surface area contributed by atoms with E-state index >= 15 is 0 Å². The molecule has 24 heavy (non-hydrogen) atoms. The molecule has 1 aromatic heterocycles. The van der Waals surface area contributed by atoms with Gasteiger partial charge in [0.15, 0.2) is 0 Å². The molecule has 1 heterocycles. The smallest absolute Gasteiger partial charge is 0.361 e. The van der Waals surface area contributed by atoms with Crippen molar-refractivity contribution >= 4 is 26.6 Å². The van der Waals surface area contributed by atoms with E-state index in [1.165, 1.54) is 12.1 Å². The molecule has 9 heteroatoms. The first-order valence-electron chi connectivity index (χ1n) is 6.63. The summed E-state index contributed by atoms with van der Waals surface area (Å²) in [7, 11) is -4.29. The van der Waals surface area contributed by atoms with E-state index in [0.717, 1.165) is 17.0 Å². The van der Waals surface area contributed by atoms with Crippen molar-refractivity contribution in [1.29, 1.82) is 0 Å². The summed E-state index contributed by atoms with van der Waals surface area (Å²) in [6.45, 7) is 0. The number of hydrogen-bond acceptors (Lipinski definition) is 2. The third kappa shape index (κ3) is 3.07. The second kappa shape index (κ2) is 5.52. The first-order chi connectivity index (χ1) is 11.2. The quantitative estimate of drug-likeness (QED) is 0.692. The molecule has 2 N–H and O–H groups in total. The van der Waals surface area contributed by atoms with Crippen LogP contribution in [-0.4, -0.2) is 13.4 Å². The van der Waals surface area contributed by atoms with Crippen LogP contribution in [0.4, 0.5) is 23.2 Å². The molecule has 4 nitrogen and oxygen atoms in total. The van der Waals surface area contributed by atoms with E-state index in [1.807, 2.05) is 0 Å². The average Bonchev–Trinajstić information content (AvgIpc) is 2.93. The average molecular weight is 358 g/mol. The second-order valence-electron chi connectivity index (χ2n) is 5.02. The molecule has 0 fully saturated rings. The van der Waals surface area contributed by atoms with Crippen LogP contribution in [0, 0.1) is 5.82 Å². The van der Waals surface area contributed by atoms with Crippen molar-refractivity contribution < 1.29 is 26.0 Å². The zero-order valence-corrected chi connectivity index (χ0v) is 12.7. The lowest BCUT2D eigenvalue weighted by molar-refractivity contribution is -0.140. The van der Waals surface area contributed by atoms with Gasteiger partial charge in [-0.1, -0.05) is 0 Å². The minimum atomic E-state index is -4.99. The highest BCUT2D eigenvalue weighted by Crippen LogP contribution is 2.33. The van der Waals surface area contributed by atoms with Crippen molar-refractivity contribution in [3.05, 3.63) is 60.0 Å². The molecule has 2 aromatic carbocycles. The number of anilines is 1. The van der Waals surface area contributed by atoms with Crippen LogP contribution in [0.3, 0.4) is 0 Å². The highest BCUT2D eigenvalue weighted by molar-refractivity contribution is 7.92. The number of fused-ring (bicyclic) bond motifs is 1. The molecule has 3 aromatic rings. The normalized spacial score (nSPS) is 12.5. The summed E-state index contributed by atoms with van der Waals surface area (Å²) in [6, 6.07) is 7.86. The molecule has 126 valence electrons. The third-order valence-electron chi connectivity index (χ3n) is 3.36. The molecule has 0 saturated carbocycles. The lowest BCUT2D eigenvalue weighted by Crippen LogP contribution is -2.15. The Bertz CT molecular complexity index is 1010. The Labute approximate surface area is 134 Å². The maximum Gasteiger partial charge on any atom is 0.419 e. The van der Waals surface area contributed by atoms with E-state index in [2.05, 4.69) is 9.71 Å². The molecule has 0 bridgehead atoms. The van der Waals surface area contributed by atoms with Crippen molar-refractivity contribution in [1.82, 2.24) is 4.98 Å². The molecule has 0 aliphatic heterocycles. The number of nitrogens with one attached hydrogen (secondary N) is 2. The Morgan fingerprint density at radius 1 is 1.00 bits per heavy atom. The van der Waals surface area contributed by atoms with E-state index in [4.69, 9.17) is 0 Å². The number of H-pyrrole nitrogens is 1. The molecule has 0 aliphatic carbocycles. The van der Waals surface area contributed by atoms with E-state index in [1.54, 1.807) is 18.3 Å². The number of sulfonamides is 1. The van der Waals surface area contributed by atoms with Gasteiger partial charge in [0.2, 0.25) is 0 Å².